The van der Waals surface area contributed by atoms with E-state index in [2.05, 4.69) is 20.6 Å². The van der Waals surface area contributed by atoms with Crippen molar-refractivity contribution in [3.05, 3.63) is 48.2 Å². The number of nitrogens with one attached hydrogen (secondary N) is 2. The number of β-amino-alcohol motifs (C(OH)–C–C–N with tert-alkyl or cyclic N) is 1. The van der Waals surface area contributed by atoms with E-state index in [1.54, 1.807) is 30.5 Å². The first-order valence-electron chi connectivity index (χ1n) is 11.7. The third-order valence-electron chi connectivity index (χ3n) is 6.57. The van der Waals surface area contributed by atoms with Gasteiger partial charge in [-0.15, -0.1) is 36.6 Å². The Morgan fingerprint density at radius 3 is 2.74 bits per heavy atom. The summed E-state index contributed by atoms with van der Waals surface area (Å²) in [5, 5.41) is 27.5. The van der Waals surface area contributed by atoms with Gasteiger partial charge in [0.1, 0.15) is 11.1 Å². The number of aliphatic hydroxyl groups excluding tert-OH is 1. The molecule has 4 heterocycles. The molecule has 2 amide bonds. The van der Waals surface area contributed by atoms with Crippen LogP contribution in [0.2, 0.25) is 0 Å². The second kappa shape index (κ2) is 12.5. The molecule has 0 unspecified atom stereocenters. The fourth-order valence-electron chi connectivity index (χ4n) is 4.45. The molecule has 1 aromatic carbocycles. The zero-order chi connectivity index (χ0) is 25.3. The summed E-state index contributed by atoms with van der Waals surface area (Å²) in [7, 11) is 1.51. The van der Waals surface area contributed by atoms with Crippen LogP contribution in [0.5, 0.6) is 5.88 Å². The highest BCUT2D eigenvalue weighted by Gasteiger charge is 2.40. The maximum atomic E-state index is 13.1. The Morgan fingerprint density at radius 1 is 1.24 bits per heavy atom. The van der Waals surface area contributed by atoms with E-state index in [1.165, 1.54) is 18.9 Å². The molecular weight excluding hydrogens is 553 g/mol. The lowest BCUT2D eigenvalue weighted by atomic mass is 9.90. The van der Waals surface area contributed by atoms with Gasteiger partial charge in [0.25, 0.3) is 5.91 Å². The van der Waals surface area contributed by atoms with Crippen molar-refractivity contribution in [2.75, 3.05) is 43.1 Å². The summed E-state index contributed by atoms with van der Waals surface area (Å²) in [5.74, 6) is 0.239. The minimum absolute atomic E-state index is 0. The van der Waals surface area contributed by atoms with Gasteiger partial charge in [0.2, 0.25) is 11.8 Å². The van der Waals surface area contributed by atoms with E-state index in [0.717, 1.165) is 4.90 Å². The number of thioether (sulfide) groups is 1. The van der Waals surface area contributed by atoms with E-state index in [1.807, 2.05) is 17.0 Å². The van der Waals surface area contributed by atoms with Gasteiger partial charge in [-0.1, -0.05) is 6.07 Å². The number of nitrogens with zero attached hydrogens (tertiary/aromatic N) is 3. The second-order valence-electron chi connectivity index (χ2n) is 8.97. The second-order valence-corrected chi connectivity index (χ2v) is 9.99. The number of pyridine rings is 2. The molecular formula is C25H29Cl2N5O5S. The molecule has 0 bridgehead atoms. The number of ether oxygens (including phenoxy) is 1. The molecule has 4 N–H and O–H groups in total. The number of fused-ring (bicyclic) bond motifs is 2. The number of rotatable bonds is 6. The van der Waals surface area contributed by atoms with Crippen molar-refractivity contribution in [3.63, 3.8) is 0 Å². The van der Waals surface area contributed by atoms with E-state index in [4.69, 9.17) is 4.74 Å². The number of aliphatic hydroxyl groups is 2. The Bertz CT molecular complexity index is 1320. The number of carbonyl (C=O) groups excluding carboxylic acids is 2. The lowest BCUT2D eigenvalue weighted by molar-refractivity contribution is -0.139. The van der Waals surface area contributed by atoms with E-state index >= 15 is 0 Å². The molecule has 1 saturated heterocycles. The number of carbonyl (C=O) groups is 2. The van der Waals surface area contributed by atoms with Gasteiger partial charge >= 0.3 is 0 Å². The third kappa shape index (κ3) is 6.31. The maximum Gasteiger partial charge on any atom is 0.256 e. The molecule has 0 saturated carbocycles. The summed E-state index contributed by atoms with van der Waals surface area (Å²) < 4.78 is 5.18. The zero-order valence-corrected chi connectivity index (χ0v) is 23.0. The minimum atomic E-state index is -1.54. The number of hydrogen-bond acceptors (Lipinski definition) is 9. The molecule has 10 nitrogen and oxygen atoms in total. The van der Waals surface area contributed by atoms with Crippen molar-refractivity contribution in [1.82, 2.24) is 14.9 Å². The first kappa shape index (κ1) is 29.9. The quantitative estimate of drug-likeness (QED) is 0.346. The van der Waals surface area contributed by atoms with Crippen LogP contribution < -0.4 is 15.4 Å². The predicted octanol–water partition coefficient (Wildman–Crippen LogP) is 3.03. The van der Waals surface area contributed by atoms with Crippen LogP contribution >= 0.6 is 36.6 Å². The van der Waals surface area contributed by atoms with Crippen LogP contribution in [0.15, 0.2) is 47.5 Å². The molecule has 0 radical (unpaired) electrons. The van der Waals surface area contributed by atoms with Gasteiger partial charge in [0.05, 0.1) is 35.9 Å². The number of aromatic nitrogens is 2. The molecule has 2 aromatic heterocycles. The van der Waals surface area contributed by atoms with E-state index in [9.17, 15) is 19.8 Å². The molecule has 38 heavy (non-hydrogen) atoms. The summed E-state index contributed by atoms with van der Waals surface area (Å²) in [4.78, 5) is 36.4. The Hall–Kier alpha value is -2.67. The number of benzene rings is 1. The average Bonchev–Trinajstić information content (AvgIpc) is 2.89. The standard InChI is InChI=1S/C25H27N5O5S.2ClH/c1-35-22-5-3-16-23(29-22)17(6-9-26-16)28-24(33)25(34)7-10-30(11-8-25)13-19(31)15-2-4-20-18(12-15)27-21(32)14-36-20;;/h2-6,9,12,19,31,34H,7-8,10-11,13-14H2,1H3,(H,27,32)(H,26,28,33);2*1H/t19-;;/m0../s1. The highest BCUT2D eigenvalue weighted by Crippen LogP contribution is 2.34. The Balaban J connectivity index is 0.00000200. The molecule has 13 heteroatoms. The summed E-state index contributed by atoms with van der Waals surface area (Å²) >= 11 is 1.47. The minimum Gasteiger partial charge on any atom is -0.481 e. The number of halogens is 2. The predicted molar refractivity (Wildman–Crippen MR) is 151 cm³/mol. The van der Waals surface area contributed by atoms with Crippen LogP contribution in [-0.4, -0.2) is 75.0 Å². The molecule has 2 aliphatic rings. The SMILES string of the molecule is COc1ccc2nccc(NC(=O)C3(O)CCN(C[C@H](O)c4ccc5c(c4)NC(=O)CS5)CC3)c2n1.Cl.Cl. The van der Waals surface area contributed by atoms with E-state index < -0.39 is 17.6 Å². The smallest absolute Gasteiger partial charge is 0.256 e. The van der Waals surface area contributed by atoms with Gasteiger partial charge in [-0.25, -0.2) is 4.98 Å². The fourth-order valence-corrected chi connectivity index (χ4v) is 5.24. The van der Waals surface area contributed by atoms with Crippen LogP contribution in [0.3, 0.4) is 0 Å². The van der Waals surface area contributed by atoms with Crippen molar-refractivity contribution < 1.29 is 24.5 Å². The number of likely N-dealkylation sites (tertiary alicyclic amines) is 1. The van der Waals surface area contributed by atoms with E-state index in [-0.39, 0.29) is 43.6 Å². The van der Waals surface area contributed by atoms with Crippen molar-refractivity contribution in [2.24, 2.45) is 0 Å². The van der Waals surface area contributed by atoms with Crippen LogP contribution in [0.4, 0.5) is 11.4 Å². The first-order valence-corrected chi connectivity index (χ1v) is 12.6. The topological polar surface area (TPSA) is 137 Å². The average molecular weight is 583 g/mol. The van der Waals surface area contributed by atoms with Crippen LogP contribution in [0, 0.1) is 0 Å². The number of methoxy groups -OCH3 is 1. The molecule has 5 rings (SSSR count). The normalized spacial score (nSPS) is 17.3. The van der Waals surface area contributed by atoms with Crippen molar-refractivity contribution in [2.45, 2.75) is 29.4 Å². The van der Waals surface area contributed by atoms with Gasteiger partial charge in [-0.2, -0.15) is 0 Å². The van der Waals surface area contributed by atoms with Crippen molar-refractivity contribution in [1.29, 1.82) is 0 Å². The summed E-state index contributed by atoms with van der Waals surface area (Å²) in [6.45, 7) is 1.25. The first-order chi connectivity index (χ1) is 17.3. The summed E-state index contributed by atoms with van der Waals surface area (Å²) in [5.41, 5.74) is 1.42. The molecule has 0 spiro atoms. The maximum absolute atomic E-state index is 13.1. The number of piperidine rings is 1. The van der Waals surface area contributed by atoms with Gasteiger partial charge < -0.3 is 30.5 Å². The van der Waals surface area contributed by atoms with Crippen LogP contribution in [-0.2, 0) is 9.59 Å². The zero-order valence-electron chi connectivity index (χ0n) is 20.5. The van der Waals surface area contributed by atoms with Gasteiger partial charge in [-0.05, 0) is 42.7 Å². The number of hydrogen-bond donors (Lipinski definition) is 4. The monoisotopic (exact) mass is 581 g/mol. The van der Waals surface area contributed by atoms with Crippen LogP contribution in [0.1, 0.15) is 24.5 Å². The Morgan fingerprint density at radius 2 is 2.00 bits per heavy atom. The van der Waals surface area contributed by atoms with Gasteiger partial charge in [0, 0.05) is 36.8 Å². The summed E-state index contributed by atoms with van der Waals surface area (Å²) in [6, 6.07) is 10.7. The highest BCUT2D eigenvalue weighted by molar-refractivity contribution is 8.00. The molecule has 204 valence electrons. The fraction of sp³-hybridized carbons (Fsp3) is 0.360. The van der Waals surface area contributed by atoms with E-state index in [0.29, 0.717) is 59.2 Å². The Labute approximate surface area is 236 Å². The Kier molecular flexibility index (Phi) is 9.80. The van der Waals surface area contributed by atoms with Crippen molar-refractivity contribution >= 4 is 70.8 Å². The molecule has 0 aliphatic carbocycles. The van der Waals surface area contributed by atoms with Crippen molar-refractivity contribution in [3.8, 4) is 5.88 Å². The lowest BCUT2D eigenvalue weighted by Gasteiger charge is -2.37. The lowest BCUT2D eigenvalue weighted by Crippen LogP contribution is -2.52. The summed E-state index contributed by atoms with van der Waals surface area (Å²) in [6.07, 6.45) is 1.26. The molecule has 3 aromatic rings. The molecule has 2 aliphatic heterocycles. The third-order valence-corrected chi connectivity index (χ3v) is 7.65. The van der Waals surface area contributed by atoms with Gasteiger partial charge in [0.15, 0.2) is 0 Å². The number of amides is 2. The van der Waals surface area contributed by atoms with Crippen LogP contribution in [0.25, 0.3) is 11.0 Å². The molecule has 1 fully saturated rings. The molecule has 1 atom stereocenters. The van der Waals surface area contributed by atoms with Gasteiger partial charge in [-0.3, -0.25) is 14.6 Å². The largest absolute Gasteiger partial charge is 0.481 e. The highest BCUT2D eigenvalue weighted by atomic mass is 35.5. The number of anilines is 2.